The molecule has 0 saturated heterocycles. The SMILES string of the molecule is C=NPC(C)(C)[N+](N)(N)OC(C)(C)C. The van der Waals surface area contributed by atoms with Gasteiger partial charge in [0.15, 0.2) is 5.28 Å². The molecule has 4 N–H and O–H groups in total. The Bertz CT molecular complexity index is 210. The van der Waals surface area contributed by atoms with Crippen molar-refractivity contribution in [1.82, 2.24) is 0 Å². The quantitative estimate of drug-likeness (QED) is 0.247. The normalized spacial score (nSPS) is 15.1. The number of nitrogens with zero attached hydrogens (tertiary/aromatic N) is 2. The Morgan fingerprint density at radius 2 is 1.64 bits per heavy atom. The minimum Gasteiger partial charge on any atom is -0.274 e. The van der Waals surface area contributed by atoms with E-state index in [-0.39, 0.29) is 8.73 Å². The molecule has 84 valence electrons. The molecule has 0 aromatic heterocycles. The lowest BCUT2D eigenvalue weighted by atomic mass is 10.2. The fraction of sp³-hybridized carbons (Fsp3) is 0.875. The maximum Gasteiger partial charge on any atom is 0.196 e. The van der Waals surface area contributed by atoms with Crippen molar-refractivity contribution in [1.29, 1.82) is 0 Å². The monoisotopic (exact) mass is 221 g/mol. The molecule has 0 bridgehead atoms. The second-order valence-corrected chi connectivity index (χ2v) is 6.51. The molecule has 5 nitrogen and oxygen atoms in total. The predicted octanol–water partition coefficient (Wildman–Crippen LogP) is 1.31. The third-order valence-electron chi connectivity index (χ3n) is 1.65. The first-order valence-electron chi connectivity index (χ1n) is 4.42. The fourth-order valence-electron chi connectivity index (χ4n) is 0.839. The summed E-state index contributed by atoms with van der Waals surface area (Å²) < 4.78 is 3.83. The highest BCUT2D eigenvalue weighted by Crippen LogP contribution is 2.37. The largest absolute Gasteiger partial charge is 0.274 e. The summed E-state index contributed by atoms with van der Waals surface area (Å²) in [7, 11) is 0.190. The fourth-order valence-corrected chi connectivity index (χ4v) is 1.43. The van der Waals surface area contributed by atoms with E-state index in [0.29, 0.717) is 0 Å². The van der Waals surface area contributed by atoms with Gasteiger partial charge in [0, 0.05) is 13.8 Å². The Kier molecular flexibility index (Phi) is 4.19. The predicted molar refractivity (Wildman–Crippen MR) is 61.4 cm³/mol. The van der Waals surface area contributed by atoms with Gasteiger partial charge in [0.2, 0.25) is 0 Å². The molecule has 0 aromatic rings. The Balaban J connectivity index is 4.67. The van der Waals surface area contributed by atoms with Crippen molar-refractivity contribution in [3.63, 3.8) is 0 Å². The van der Waals surface area contributed by atoms with Gasteiger partial charge in [-0.25, -0.2) is 0 Å². The van der Waals surface area contributed by atoms with Gasteiger partial charge in [-0.15, -0.1) is 11.7 Å². The maximum atomic E-state index is 5.88. The first kappa shape index (κ1) is 13.9. The van der Waals surface area contributed by atoms with E-state index in [9.17, 15) is 0 Å². The van der Waals surface area contributed by atoms with Crippen LogP contribution in [0.25, 0.3) is 0 Å². The van der Waals surface area contributed by atoms with Crippen LogP contribution in [0.2, 0.25) is 0 Å². The summed E-state index contributed by atoms with van der Waals surface area (Å²) in [6.07, 6.45) is 0. The molecule has 14 heavy (non-hydrogen) atoms. The summed E-state index contributed by atoms with van der Waals surface area (Å²) >= 11 is 0. The minimum absolute atomic E-state index is 0.190. The standard InChI is InChI=1S/C8H22N4OP/c1-7(2,3)13-12(9,10)8(4,5)14-11-6/h14H,6,9-10H2,1-5H3/q+1. The van der Waals surface area contributed by atoms with Crippen molar-refractivity contribution < 1.29 is 9.70 Å². The van der Waals surface area contributed by atoms with E-state index in [1.54, 1.807) is 0 Å². The zero-order valence-electron chi connectivity index (χ0n) is 9.66. The zero-order chi connectivity index (χ0) is 11.6. The summed E-state index contributed by atoms with van der Waals surface area (Å²) in [5, 5.41) is -0.477. The van der Waals surface area contributed by atoms with Gasteiger partial charge in [-0.2, -0.15) is 4.84 Å². The molecule has 0 fully saturated rings. The van der Waals surface area contributed by atoms with E-state index < -0.39 is 15.7 Å². The Labute approximate surface area is 87.8 Å². The highest BCUT2D eigenvalue weighted by molar-refractivity contribution is 7.38. The van der Waals surface area contributed by atoms with Crippen molar-refractivity contribution in [2.75, 3.05) is 0 Å². The molecule has 0 amide bonds. The van der Waals surface area contributed by atoms with Gasteiger partial charge in [-0.05, 0) is 32.4 Å². The van der Waals surface area contributed by atoms with Crippen molar-refractivity contribution >= 4 is 15.4 Å². The zero-order valence-corrected chi connectivity index (χ0v) is 10.7. The molecule has 6 heteroatoms. The van der Waals surface area contributed by atoms with Crippen molar-refractivity contribution in [3.05, 3.63) is 0 Å². The summed E-state index contributed by atoms with van der Waals surface area (Å²) in [4.78, 5) is 5.05. The minimum atomic E-state index is -0.506. The van der Waals surface area contributed by atoms with Crippen LogP contribution < -0.4 is 11.7 Å². The smallest absolute Gasteiger partial charge is 0.196 e. The van der Waals surface area contributed by atoms with Crippen molar-refractivity contribution in [2.45, 2.75) is 45.5 Å². The number of rotatable bonds is 4. The first-order chi connectivity index (χ1) is 6.02. The van der Waals surface area contributed by atoms with Gasteiger partial charge in [-0.3, -0.25) is 4.76 Å². The lowest BCUT2D eigenvalue weighted by Gasteiger charge is -2.40. The lowest BCUT2D eigenvalue weighted by molar-refractivity contribution is -1.16. The van der Waals surface area contributed by atoms with Crippen LogP contribution in [0.4, 0.5) is 0 Å². The molecule has 0 aromatic carbocycles. The Morgan fingerprint density at radius 1 is 1.21 bits per heavy atom. The third-order valence-corrected chi connectivity index (χ3v) is 2.71. The molecule has 0 rings (SSSR count). The van der Waals surface area contributed by atoms with E-state index in [1.165, 1.54) is 0 Å². The molecule has 0 aliphatic heterocycles. The number of hydrogen-bond acceptors (Lipinski definition) is 4. The maximum absolute atomic E-state index is 5.88. The number of hydroxylamine groups is 1. The number of hydrogen-bond donors (Lipinski definition) is 2. The number of quaternary nitrogens is 1. The van der Waals surface area contributed by atoms with Crippen molar-refractivity contribution in [2.24, 2.45) is 16.4 Å². The van der Waals surface area contributed by atoms with Gasteiger partial charge in [0.05, 0.1) is 8.73 Å². The molecule has 0 spiro atoms. The van der Waals surface area contributed by atoms with Crippen LogP contribution >= 0.6 is 8.73 Å². The van der Waals surface area contributed by atoms with E-state index in [2.05, 4.69) is 11.5 Å². The van der Waals surface area contributed by atoms with Gasteiger partial charge >= 0.3 is 0 Å². The molecule has 0 saturated carbocycles. The molecule has 0 aliphatic carbocycles. The van der Waals surface area contributed by atoms with Crippen LogP contribution in [-0.2, 0) is 4.84 Å². The van der Waals surface area contributed by atoms with Crippen LogP contribution in [0.5, 0.6) is 0 Å². The van der Waals surface area contributed by atoms with Gasteiger partial charge in [0.1, 0.15) is 5.60 Å². The average molecular weight is 221 g/mol. The molecule has 0 radical (unpaired) electrons. The van der Waals surface area contributed by atoms with Crippen LogP contribution in [0, 0.1) is 0 Å². The molecular weight excluding hydrogens is 199 g/mol. The molecule has 0 aliphatic rings. The second-order valence-electron chi connectivity index (χ2n) is 4.74. The van der Waals surface area contributed by atoms with E-state index in [1.807, 2.05) is 34.6 Å². The molecular formula is C8H22N4OP+. The summed E-state index contributed by atoms with van der Waals surface area (Å²) in [6.45, 7) is 12.9. The number of nitrogens with two attached hydrogens (primary N) is 2. The molecule has 1 atom stereocenters. The first-order valence-corrected chi connectivity index (χ1v) is 5.36. The average Bonchev–Trinajstić information content (AvgIpc) is 1.79. The van der Waals surface area contributed by atoms with Crippen LogP contribution in [0.3, 0.4) is 0 Å². The van der Waals surface area contributed by atoms with E-state index >= 15 is 0 Å². The van der Waals surface area contributed by atoms with E-state index in [0.717, 1.165) is 0 Å². The van der Waals surface area contributed by atoms with Crippen molar-refractivity contribution in [3.8, 4) is 0 Å². The summed E-state index contributed by atoms with van der Waals surface area (Å²) in [5.41, 5.74) is -0.396. The topological polar surface area (TPSA) is 73.6 Å². The molecule has 0 heterocycles. The summed E-state index contributed by atoms with van der Waals surface area (Å²) in [6, 6.07) is 0. The van der Waals surface area contributed by atoms with Gasteiger partial charge < -0.3 is 0 Å². The lowest BCUT2D eigenvalue weighted by Crippen LogP contribution is -2.71. The Morgan fingerprint density at radius 3 is 1.93 bits per heavy atom. The van der Waals surface area contributed by atoms with E-state index in [4.69, 9.17) is 16.5 Å². The highest BCUT2D eigenvalue weighted by atomic mass is 31.1. The molecule has 1 unspecified atom stereocenters. The van der Waals surface area contributed by atoms with Crippen LogP contribution in [0.15, 0.2) is 4.76 Å². The van der Waals surface area contributed by atoms with Gasteiger partial charge in [0.25, 0.3) is 0 Å². The third kappa shape index (κ3) is 3.98. The second kappa shape index (κ2) is 4.21. The van der Waals surface area contributed by atoms with Gasteiger partial charge in [-0.1, -0.05) is 0 Å². The summed E-state index contributed by atoms with van der Waals surface area (Å²) in [5.74, 6) is 11.8. The highest BCUT2D eigenvalue weighted by Gasteiger charge is 2.45. The Hall–Kier alpha value is -0.0600. The van der Waals surface area contributed by atoms with Crippen LogP contribution in [0.1, 0.15) is 34.6 Å². The van der Waals surface area contributed by atoms with Crippen LogP contribution in [-0.4, -0.2) is 22.5 Å².